The van der Waals surface area contributed by atoms with Crippen LogP contribution >= 0.6 is 23.2 Å². The van der Waals surface area contributed by atoms with Gasteiger partial charge in [-0.3, -0.25) is 0 Å². The predicted molar refractivity (Wildman–Crippen MR) is 90.0 cm³/mol. The molecule has 0 fully saturated rings. The van der Waals surface area contributed by atoms with Crippen molar-refractivity contribution < 1.29 is 0 Å². The summed E-state index contributed by atoms with van der Waals surface area (Å²) in [6, 6.07) is 11.4. The number of rotatable bonds is 2. The van der Waals surface area contributed by atoms with Crippen LogP contribution in [0.4, 0.5) is 5.69 Å². The second-order valence-corrected chi connectivity index (χ2v) is 6.03. The number of hydrogen-bond acceptors (Lipinski definition) is 2. The molecule has 0 bridgehead atoms. The Morgan fingerprint density at radius 2 is 1.71 bits per heavy atom. The normalized spacial score (nSPS) is 11.5. The molecule has 0 amide bonds. The zero-order valence-electron chi connectivity index (χ0n) is 11.8. The molecule has 1 heterocycles. The SMILES string of the molecule is CC(C)n1c(-c2c(N)cccc2Cl)nc2cccc(Cl)c21. The minimum atomic E-state index is 0.181. The Balaban J connectivity index is 2.43. The van der Waals surface area contributed by atoms with E-state index in [4.69, 9.17) is 33.9 Å². The number of imidazole rings is 1. The molecule has 5 heteroatoms. The molecular weight excluding hydrogens is 305 g/mol. The largest absolute Gasteiger partial charge is 0.398 e. The molecule has 0 saturated carbocycles. The maximum Gasteiger partial charge on any atom is 0.145 e. The quantitative estimate of drug-likeness (QED) is 0.662. The summed E-state index contributed by atoms with van der Waals surface area (Å²) in [6.07, 6.45) is 0. The maximum absolute atomic E-state index is 6.36. The molecule has 21 heavy (non-hydrogen) atoms. The van der Waals surface area contributed by atoms with E-state index in [1.54, 1.807) is 0 Å². The topological polar surface area (TPSA) is 43.8 Å². The molecule has 0 aliphatic carbocycles. The second kappa shape index (κ2) is 5.24. The van der Waals surface area contributed by atoms with Crippen LogP contribution in [0.5, 0.6) is 0 Å². The molecule has 0 aliphatic heterocycles. The maximum atomic E-state index is 6.36. The van der Waals surface area contributed by atoms with Gasteiger partial charge in [0.1, 0.15) is 5.82 Å². The Morgan fingerprint density at radius 3 is 2.38 bits per heavy atom. The first kappa shape index (κ1) is 14.2. The number of fused-ring (bicyclic) bond motifs is 1. The van der Waals surface area contributed by atoms with E-state index in [1.165, 1.54) is 0 Å². The average Bonchev–Trinajstić information content (AvgIpc) is 2.79. The fraction of sp³-hybridized carbons (Fsp3) is 0.188. The van der Waals surface area contributed by atoms with Crippen molar-refractivity contribution in [1.82, 2.24) is 9.55 Å². The number of halogens is 2. The van der Waals surface area contributed by atoms with E-state index in [-0.39, 0.29) is 6.04 Å². The van der Waals surface area contributed by atoms with Gasteiger partial charge in [-0.05, 0) is 38.1 Å². The van der Waals surface area contributed by atoms with E-state index < -0.39 is 0 Å². The Labute approximate surface area is 133 Å². The highest BCUT2D eigenvalue weighted by atomic mass is 35.5. The first-order valence-corrected chi connectivity index (χ1v) is 7.47. The Kier molecular flexibility index (Phi) is 3.56. The van der Waals surface area contributed by atoms with E-state index in [0.717, 1.165) is 22.4 Å². The number of hydrogen-bond donors (Lipinski definition) is 1. The molecule has 0 saturated heterocycles. The van der Waals surface area contributed by atoms with Crippen LogP contribution in [0.15, 0.2) is 36.4 Å². The van der Waals surface area contributed by atoms with Crippen molar-refractivity contribution in [2.24, 2.45) is 0 Å². The van der Waals surface area contributed by atoms with Gasteiger partial charge in [-0.2, -0.15) is 0 Å². The van der Waals surface area contributed by atoms with Gasteiger partial charge in [0, 0.05) is 11.7 Å². The van der Waals surface area contributed by atoms with Gasteiger partial charge in [-0.15, -0.1) is 0 Å². The van der Waals surface area contributed by atoms with E-state index in [9.17, 15) is 0 Å². The van der Waals surface area contributed by atoms with Crippen molar-refractivity contribution in [1.29, 1.82) is 0 Å². The molecule has 0 spiro atoms. The summed E-state index contributed by atoms with van der Waals surface area (Å²) in [6.45, 7) is 4.17. The monoisotopic (exact) mass is 319 g/mol. The molecule has 0 radical (unpaired) electrons. The number of benzene rings is 2. The van der Waals surface area contributed by atoms with E-state index >= 15 is 0 Å². The average molecular weight is 320 g/mol. The minimum absolute atomic E-state index is 0.181. The van der Waals surface area contributed by atoms with Crippen LogP contribution in [0, 0.1) is 0 Å². The molecule has 2 N–H and O–H groups in total. The Bertz CT molecular complexity index is 801. The fourth-order valence-electron chi connectivity index (χ4n) is 2.56. The summed E-state index contributed by atoms with van der Waals surface area (Å²) >= 11 is 12.7. The summed E-state index contributed by atoms with van der Waals surface area (Å²) in [7, 11) is 0. The van der Waals surface area contributed by atoms with Gasteiger partial charge < -0.3 is 10.3 Å². The van der Waals surface area contributed by atoms with Crippen LogP contribution in [-0.2, 0) is 0 Å². The van der Waals surface area contributed by atoms with Crippen molar-refractivity contribution in [3.05, 3.63) is 46.4 Å². The highest BCUT2D eigenvalue weighted by Gasteiger charge is 2.20. The molecule has 3 aromatic rings. The third-order valence-corrected chi connectivity index (χ3v) is 4.07. The Hall–Kier alpha value is -1.71. The van der Waals surface area contributed by atoms with Crippen LogP contribution < -0.4 is 5.73 Å². The lowest BCUT2D eigenvalue weighted by atomic mass is 10.1. The van der Waals surface area contributed by atoms with Crippen LogP contribution in [0.1, 0.15) is 19.9 Å². The third-order valence-electron chi connectivity index (χ3n) is 3.45. The predicted octanol–water partition coefficient (Wildman–Crippen LogP) is 5.17. The standard InChI is InChI=1S/C16H15Cl2N3/c1-9(2)21-15-11(18)6-4-8-13(15)20-16(21)14-10(17)5-3-7-12(14)19/h3-9H,19H2,1-2H3. The van der Waals surface area contributed by atoms with Crippen molar-refractivity contribution in [3.63, 3.8) is 0 Å². The molecular formula is C16H15Cl2N3. The zero-order valence-corrected chi connectivity index (χ0v) is 13.3. The number of anilines is 1. The first-order chi connectivity index (χ1) is 10.0. The van der Waals surface area contributed by atoms with Gasteiger partial charge in [0.15, 0.2) is 0 Å². The van der Waals surface area contributed by atoms with E-state index in [2.05, 4.69) is 18.4 Å². The van der Waals surface area contributed by atoms with Gasteiger partial charge in [0.2, 0.25) is 0 Å². The van der Waals surface area contributed by atoms with Crippen molar-refractivity contribution >= 4 is 39.9 Å². The molecule has 0 aliphatic rings. The number of para-hydroxylation sites is 1. The van der Waals surface area contributed by atoms with Gasteiger partial charge in [-0.1, -0.05) is 35.3 Å². The van der Waals surface area contributed by atoms with Gasteiger partial charge >= 0.3 is 0 Å². The van der Waals surface area contributed by atoms with Crippen LogP contribution in [0.3, 0.4) is 0 Å². The lowest BCUT2D eigenvalue weighted by molar-refractivity contribution is 0.624. The molecule has 2 aromatic carbocycles. The van der Waals surface area contributed by atoms with Crippen LogP contribution in [0.25, 0.3) is 22.4 Å². The highest BCUT2D eigenvalue weighted by molar-refractivity contribution is 6.35. The van der Waals surface area contributed by atoms with Crippen molar-refractivity contribution in [3.8, 4) is 11.4 Å². The van der Waals surface area contributed by atoms with Crippen molar-refractivity contribution in [2.45, 2.75) is 19.9 Å². The molecule has 1 aromatic heterocycles. The number of nitrogens with two attached hydrogens (primary N) is 1. The molecule has 3 nitrogen and oxygen atoms in total. The number of aromatic nitrogens is 2. The number of nitrogen functional groups attached to an aromatic ring is 1. The third kappa shape index (κ3) is 2.27. The highest BCUT2D eigenvalue weighted by Crippen LogP contribution is 2.38. The summed E-state index contributed by atoms with van der Waals surface area (Å²) in [5.41, 5.74) is 9.21. The Morgan fingerprint density at radius 1 is 1.05 bits per heavy atom. The van der Waals surface area contributed by atoms with Crippen LogP contribution in [0.2, 0.25) is 10.0 Å². The summed E-state index contributed by atoms with van der Waals surface area (Å²) < 4.78 is 2.08. The first-order valence-electron chi connectivity index (χ1n) is 6.71. The van der Waals surface area contributed by atoms with Gasteiger partial charge in [-0.25, -0.2) is 4.98 Å². The van der Waals surface area contributed by atoms with E-state index in [1.807, 2.05) is 36.4 Å². The minimum Gasteiger partial charge on any atom is -0.398 e. The summed E-state index contributed by atoms with van der Waals surface area (Å²) in [5.74, 6) is 0.746. The molecule has 0 unspecified atom stereocenters. The smallest absolute Gasteiger partial charge is 0.145 e. The second-order valence-electron chi connectivity index (χ2n) is 5.21. The van der Waals surface area contributed by atoms with Crippen molar-refractivity contribution in [2.75, 3.05) is 5.73 Å². The molecule has 108 valence electrons. The lowest BCUT2D eigenvalue weighted by Crippen LogP contribution is -2.05. The molecule has 3 rings (SSSR count). The fourth-order valence-corrected chi connectivity index (χ4v) is 3.09. The zero-order chi connectivity index (χ0) is 15.1. The number of nitrogens with zero attached hydrogens (tertiary/aromatic N) is 2. The van der Waals surface area contributed by atoms with E-state index in [0.29, 0.717) is 15.7 Å². The van der Waals surface area contributed by atoms with Gasteiger partial charge in [0.05, 0.1) is 26.6 Å². The summed E-state index contributed by atoms with van der Waals surface area (Å²) in [4.78, 5) is 4.70. The summed E-state index contributed by atoms with van der Waals surface area (Å²) in [5, 5.41) is 1.26. The molecule has 0 atom stereocenters. The van der Waals surface area contributed by atoms with Crippen LogP contribution in [-0.4, -0.2) is 9.55 Å². The lowest BCUT2D eigenvalue weighted by Gasteiger charge is -2.15. The van der Waals surface area contributed by atoms with Gasteiger partial charge in [0.25, 0.3) is 0 Å².